The highest BCUT2D eigenvalue weighted by molar-refractivity contribution is 4.89. The molecule has 2 N–H and O–H groups in total. The second-order valence-electron chi connectivity index (χ2n) is 6.79. The van der Waals surface area contributed by atoms with E-state index in [1.165, 1.54) is 44.9 Å². The topological polar surface area (TPSA) is 32.3 Å². The van der Waals surface area contributed by atoms with Crippen LogP contribution in [0, 0.1) is 11.8 Å². The van der Waals surface area contributed by atoms with Gasteiger partial charge in [-0.3, -0.25) is 0 Å². The third-order valence-corrected chi connectivity index (χ3v) is 5.47. The van der Waals surface area contributed by atoms with Crippen LogP contribution < -0.4 is 5.32 Å². The molecule has 0 aromatic heterocycles. The van der Waals surface area contributed by atoms with Crippen molar-refractivity contribution in [1.82, 2.24) is 5.32 Å². The molecule has 2 heteroatoms. The predicted octanol–water partition coefficient (Wildman–Crippen LogP) is 3.49. The Bertz CT molecular complexity index is 239. The van der Waals surface area contributed by atoms with Crippen molar-refractivity contribution in [3.05, 3.63) is 0 Å². The van der Waals surface area contributed by atoms with Gasteiger partial charge >= 0.3 is 0 Å². The van der Waals surface area contributed by atoms with Gasteiger partial charge in [0.2, 0.25) is 0 Å². The van der Waals surface area contributed by atoms with E-state index in [1.54, 1.807) is 0 Å². The summed E-state index contributed by atoms with van der Waals surface area (Å²) >= 11 is 0. The first kappa shape index (κ1) is 14.3. The fourth-order valence-corrected chi connectivity index (χ4v) is 3.77. The van der Waals surface area contributed by atoms with Crippen molar-refractivity contribution in [2.75, 3.05) is 6.54 Å². The molecule has 0 radical (unpaired) electrons. The fraction of sp³-hybridized carbons (Fsp3) is 1.00. The zero-order chi connectivity index (χ0) is 13.0. The summed E-state index contributed by atoms with van der Waals surface area (Å²) in [5.74, 6) is 1.71. The molecule has 106 valence electrons. The Morgan fingerprint density at radius 2 is 1.78 bits per heavy atom. The molecule has 0 heterocycles. The lowest BCUT2D eigenvalue weighted by Gasteiger charge is -2.37. The first-order valence-electron chi connectivity index (χ1n) is 8.09. The van der Waals surface area contributed by atoms with Crippen molar-refractivity contribution in [2.24, 2.45) is 11.8 Å². The maximum Gasteiger partial charge on any atom is 0.0771 e. The normalized spacial score (nSPS) is 35.8. The maximum absolute atomic E-state index is 10.6. The maximum atomic E-state index is 10.6. The molecule has 2 nitrogen and oxygen atoms in total. The number of hydrogen-bond donors (Lipinski definition) is 2. The van der Waals surface area contributed by atoms with Crippen LogP contribution in [0.15, 0.2) is 0 Å². The average molecular weight is 253 g/mol. The van der Waals surface area contributed by atoms with Gasteiger partial charge in [0.25, 0.3) is 0 Å². The number of aliphatic hydroxyl groups is 1. The highest BCUT2D eigenvalue weighted by atomic mass is 16.3. The molecule has 0 amide bonds. The summed E-state index contributed by atoms with van der Waals surface area (Å²) in [5.41, 5.74) is -0.418. The van der Waals surface area contributed by atoms with E-state index in [0.717, 1.165) is 31.2 Å². The standard InChI is InChI=1S/C16H31NO/c1-3-14-8-10-16(18,11-9-14)12-17-13(2)15-6-4-5-7-15/h13-15,17-18H,3-12H2,1-2H3. The van der Waals surface area contributed by atoms with Crippen LogP contribution in [0.4, 0.5) is 0 Å². The van der Waals surface area contributed by atoms with Crippen LogP contribution in [0.1, 0.15) is 71.6 Å². The Morgan fingerprint density at radius 3 is 2.33 bits per heavy atom. The Labute approximate surface area is 113 Å². The molecule has 1 atom stereocenters. The fourth-order valence-electron chi connectivity index (χ4n) is 3.77. The molecule has 2 aliphatic carbocycles. The van der Waals surface area contributed by atoms with Crippen LogP contribution in [0.25, 0.3) is 0 Å². The Hall–Kier alpha value is -0.0800. The summed E-state index contributed by atoms with van der Waals surface area (Å²) in [6.07, 6.45) is 11.3. The van der Waals surface area contributed by atoms with E-state index in [-0.39, 0.29) is 0 Å². The zero-order valence-corrected chi connectivity index (χ0v) is 12.3. The minimum Gasteiger partial charge on any atom is -0.389 e. The molecule has 0 aromatic carbocycles. The van der Waals surface area contributed by atoms with E-state index in [2.05, 4.69) is 19.2 Å². The van der Waals surface area contributed by atoms with Crippen molar-refractivity contribution in [1.29, 1.82) is 0 Å². The summed E-state index contributed by atoms with van der Waals surface area (Å²) in [7, 11) is 0. The number of rotatable bonds is 5. The van der Waals surface area contributed by atoms with Crippen molar-refractivity contribution >= 4 is 0 Å². The Kier molecular flexibility index (Phi) is 5.08. The lowest BCUT2D eigenvalue weighted by atomic mass is 9.77. The predicted molar refractivity (Wildman–Crippen MR) is 76.6 cm³/mol. The van der Waals surface area contributed by atoms with E-state index < -0.39 is 5.60 Å². The molecule has 0 aliphatic heterocycles. The van der Waals surface area contributed by atoms with Gasteiger partial charge < -0.3 is 10.4 Å². The SMILES string of the molecule is CCC1CCC(O)(CNC(C)C2CCCC2)CC1. The van der Waals surface area contributed by atoms with Crippen molar-refractivity contribution in [3.63, 3.8) is 0 Å². The number of nitrogens with one attached hydrogen (secondary N) is 1. The van der Waals surface area contributed by atoms with E-state index >= 15 is 0 Å². The van der Waals surface area contributed by atoms with Gasteiger partial charge in [-0.05, 0) is 57.3 Å². The molecule has 0 saturated heterocycles. The van der Waals surface area contributed by atoms with E-state index in [9.17, 15) is 5.11 Å². The summed E-state index contributed by atoms with van der Waals surface area (Å²) < 4.78 is 0. The Balaban J connectivity index is 1.72. The third-order valence-electron chi connectivity index (χ3n) is 5.47. The molecule has 18 heavy (non-hydrogen) atoms. The lowest BCUT2D eigenvalue weighted by Crippen LogP contribution is -2.47. The van der Waals surface area contributed by atoms with Crippen LogP contribution in [0.3, 0.4) is 0 Å². The smallest absolute Gasteiger partial charge is 0.0771 e. The second-order valence-corrected chi connectivity index (χ2v) is 6.79. The largest absolute Gasteiger partial charge is 0.389 e. The molecular weight excluding hydrogens is 222 g/mol. The Morgan fingerprint density at radius 1 is 1.17 bits per heavy atom. The van der Waals surface area contributed by atoms with Gasteiger partial charge in [-0.15, -0.1) is 0 Å². The second kappa shape index (κ2) is 6.38. The molecule has 2 aliphatic rings. The lowest BCUT2D eigenvalue weighted by molar-refractivity contribution is -0.0115. The average Bonchev–Trinajstić information content (AvgIpc) is 2.91. The first-order chi connectivity index (χ1) is 8.63. The minimum absolute atomic E-state index is 0.418. The third kappa shape index (κ3) is 3.71. The van der Waals surface area contributed by atoms with E-state index in [1.807, 2.05) is 0 Å². The van der Waals surface area contributed by atoms with Crippen LogP contribution in [0.5, 0.6) is 0 Å². The van der Waals surface area contributed by atoms with Gasteiger partial charge in [-0.25, -0.2) is 0 Å². The monoisotopic (exact) mass is 253 g/mol. The van der Waals surface area contributed by atoms with Crippen LogP contribution in [-0.4, -0.2) is 23.3 Å². The van der Waals surface area contributed by atoms with Crippen molar-refractivity contribution in [2.45, 2.75) is 83.3 Å². The van der Waals surface area contributed by atoms with E-state index in [0.29, 0.717) is 6.04 Å². The molecule has 0 aromatic rings. The molecular formula is C16H31NO. The van der Waals surface area contributed by atoms with Gasteiger partial charge in [-0.2, -0.15) is 0 Å². The molecule has 2 rings (SSSR count). The highest BCUT2D eigenvalue weighted by Crippen LogP contribution is 2.34. The van der Waals surface area contributed by atoms with Crippen molar-refractivity contribution in [3.8, 4) is 0 Å². The van der Waals surface area contributed by atoms with Gasteiger partial charge in [0.15, 0.2) is 0 Å². The van der Waals surface area contributed by atoms with Crippen LogP contribution in [0.2, 0.25) is 0 Å². The summed E-state index contributed by atoms with van der Waals surface area (Å²) in [5, 5.41) is 14.2. The van der Waals surface area contributed by atoms with Crippen LogP contribution >= 0.6 is 0 Å². The summed E-state index contributed by atoms with van der Waals surface area (Å²) in [4.78, 5) is 0. The molecule has 0 spiro atoms. The molecule has 0 bridgehead atoms. The molecule has 1 unspecified atom stereocenters. The van der Waals surface area contributed by atoms with Gasteiger partial charge in [-0.1, -0.05) is 26.2 Å². The van der Waals surface area contributed by atoms with Crippen molar-refractivity contribution < 1.29 is 5.11 Å². The molecule has 2 saturated carbocycles. The summed E-state index contributed by atoms with van der Waals surface area (Å²) in [6.45, 7) is 5.38. The zero-order valence-electron chi connectivity index (χ0n) is 12.3. The first-order valence-corrected chi connectivity index (χ1v) is 8.09. The number of hydrogen-bond acceptors (Lipinski definition) is 2. The molecule has 2 fully saturated rings. The minimum atomic E-state index is -0.418. The van der Waals surface area contributed by atoms with E-state index in [4.69, 9.17) is 0 Å². The van der Waals surface area contributed by atoms with Gasteiger partial charge in [0.1, 0.15) is 0 Å². The highest BCUT2D eigenvalue weighted by Gasteiger charge is 2.33. The summed E-state index contributed by atoms with van der Waals surface area (Å²) in [6, 6.07) is 0.584. The van der Waals surface area contributed by atoms with Crippen LogP contribution in [-0.2, 0) is 0 Å². The quantitative estimate of drug-likeness (QED) is 0.786. The van der Waals surface area contributed by atoms with Gasteiger partial charge in [0, 0.05) is 12.6 Å². The van der Waals surface area contributed by atoms with Gasteiger partial charge in [0.05, 0.1) is 5.60 Å².